The standard InChI is InChI=1S/C18H19N5O/c1-3-16-20-9-8-15(22-16)17-21-10-11-23(17)14-7-5-6-13(12-14)18(24)19-4-2/h5-12H,3-4H2,1-2H3,(H,19,24). The Balaban J connectivity index is 2.01. The molecule has 0 aliphatic carbocycles. The quantitative estimate of drug-likeness (QED) is 0.784. The number of hydrogen-bond acceptors (Lipinski definition) is 4. The van der Waals surface area contributed by atoms with Gasteiger partial charge in [0.1, 0.15) is 11.5 Å². The first-order valence-electron chi connectivity index (χ1n) is 7.97. The fourth-order valence-corrected chi connectivity index (χ4v) is 2.45. The molecule has 24 heavy (non-hydrogen) atoms. The Hall–Kier alpha value is -3.02. The Morgan fingerprint density at radius 2 is 2.04 bits per heavy atom. The van der Waals surface area contributed by atoms with Crippen LogP contribution in [0.2, 0.25) is 0 Å². The van der Waals surface area contributed by atoms with Crippen molar-refractivity contribution in [2.24, 2.45) is 0 Å². The summed E-state index contributed by atoms with van der Waals surface area (Å²) in [5.41, 5.74) is 2.24. The maximum Gasteiger partial charge on any atom is 0.251 e. The topological polar surface area (TPSA) is 72.7 Å². The van der Waals surface area contributed by atoms with E-state index in [-0.39, 0.29) is 5.91 Å². The normalized spacial score (nSPS) is 10.6. The number of nitrogens with zero attached hydrogens (tertiary/aromatic N) is 4. The predicted molar refractivity (Wildman–Crippen MR) is 92.0 cm³/mol. The Kier molecular flexibility index (Phi) is 4.65. The van der Waals surface area contributed by atoms with Gasteiger partial charge in [-0.1, -0.05) is 13.0 Å². The molecule has 3 rings (SSSR count). The molecule has 122 valence electrons. The van der Waals surface area contributed by atoms with Gasteiger partial charge in [0.15, 0.2) is 5.82 Å². The minimum absolute atomic E-state index is 0.0867. The second-order valence-corrected chi connectivity index (χ2v) is 5.24. The van der Waals surface area contributed by atoms with Crippen molar-refractivity contribution in [3.8, 4) is 17.2 Å². The first-order valence-corrected chi connectivity index (χ1v) is 7.97. The minimum Gasteiger partial charge on any atom is -0.352 e. The zero-order valence-corrected chi connectivity index (χ0v) is 13.7. The molecule has 2 heterocycles. The molecule has 3 aromatic rings. The van der Waals surface area contributed by atoms with E-state index in [0.29, 0.717) is 12.1 Å². The SMILES string of the molecule is CCNC(=O)c1cccc(-n2ccnc2-c2ccnc(CC)n2)c1. The van der Waals surface area contributed by atoms with E-state index in [9.17, 15) is 4.79 Å². The molecule has 0 spiro atoms. The minimum atomic E-state index is -0.0867. The van der Waals surface area contributed by atoms with Crippen molar-refractivity contribution < 1.29 is 4.79 Å². The summed E-state index contributed by atoms with van der Waals surface area (Å²) in [6.45, 7) is 4.51. The van der Waals surface area contributed by atoms with Crippen LogP contribution in [0.1, 0.15) is 30.0 Å². The monoisotopic (exact) mass is 321 g/mol. The highest BCUT2D eigenvalue weighted by Gasteiger charge is 2.12. The van der Waals surface area contributed by atoms with E-state index in [4.69, 9.17) is 0 Å². The van der Waals surface area contributed by atoms with Crippen molar-refractivity contribution >= 4 is 5.91 Å². The van der Waals surface area contributed by atoms with Gasteiger partial charge in [-0.2, -0.15) is 0 Å². The number of aryl methyl sites for hydroxylation is 1. The zero-order valence-electron chi connectivity index (χ0n) is 13.7. The molecule has 6 nitrogen and oxygen atoms in total. The molecule has 1 aromatic carbocycles. The lowest BCUT2D eigenvalue weighted by molar-refractivity contribution is 0.0956. The van der Waals surface area contributed by atoms with E-state index in [1.807, 2.05) is 48.9 Å². The van der Waals surface area contributed by atoms with Crippen LogP contribution in [-0.2, 0) is 6.42 Å². The number of nitrogens with one attached hydrogen (secondary N) is 1. The van der Waals surface area contributed by atoms with Crippen molar-refractivity contribution in [2.45, 2.75) is 20.3 Å². The average molecular weight is 321 g/mol. The molecule has 0 radical (unpaired) electrons. The van der Waals surface area contributed by atoms with E-state index in [1.54, 1.807) is 18.5 Å². The van der Waals surface area contributed by atoms with Gasteiger partial charge in [-0.25, -0.2) is 15.0 Å². The van der Waals surface area contributed by atoms with Crippen molar-refractivity contribution in [1.82, 2.24) is 24.8 Å². The van der Waals surface area contributed by atoms with E-state index >= 15 is 0 Å². The third-order valence-electron chi connectivity index (χ3n) is 3.62. The molecule has 6 heteroatoms. The lowest BCUT2D eigenvalue weighted by Crippen LogP contribution is -2.22. The highest BCUT2D eigenvalue weighted by molar-refractivity contribution is 5.94. The van der Waals surface area contributed by atoms with Crippen LogP contribution in [0.15, 0.2) is 48.9 Å². The highest BCUT2D eigenvalue weighted by Crippen LogP contribution is 2.20. The Labute approximate surface area is 140 Å². The third-order valence-corrected chi connectivity index (χ3v) is 3.62. The molecule has 0 fully saturated rings. The average Bonchev–Trinajstić information content (AvgIpc) is 3.12. The summed E-state index contributed by atoms with van der Waals surface area (Å²) in [7, 11) is 0. The number of carbonyl (C=O) groups excluding carboxylic acids is 1. The van der Waals surface area contributed by atoms with Gasteiger partial charge >= 0.3 is 0 Å². The van der Waals surface area contributed by atoms with E-state index < -0.39 is 0 Å². The fourth-order valence-electron chi connectivity index (χ4n) is 2.45. The van der Waals surface area contributed by atoms with Gasteiger partial charge in [0.25, 0.3) is 5.91 Å². The van der Waals surface area contributed by atoms with Crippen LogP contribution in [-0.4, -0.2) is 32.0 Å². The van der Waals surface area contributed by atoms with Gasteiger partial charge < -0.3 is 5.32 Å². The van der Waals surface area contributed by atoms with Gasteiger partial charge in [0.05, 0.1) is 0 Å². The van der Waals surface area contributed by atoms with Gasteiger partial charge in [0, 0.05) is 42.8 Å². The molecule has 0 unspecified atom stereocenters. The van der Waals surface area contributed by atoms with Gasteiger partial charge in [-0.15, -0.1) is 0 Å². The molecule has 0 aliphatic heterocycles. The van der Waals surface area contributed by atoms with Crippen molar-refractivity contribution in [3.05, 3.63) is 60.3 Å². The lowest BCUT2D eigenvalue weighted by Gasteiger charge is -2.10. The van der Waals surface area contributed by atoms with Crippen LogP contribution in [0.4, 0.5) is 0 Å². The van der Waals surface area contributed by atoms with Crippen LogP contribution >= 0.6 is 0 Å². The lowest BCUT2D eigenvalue weighted by atomic mass is 10.2. The number of carbonyl (C=O) groups is 1. The molecule has 1 N–H and O–H groups in total. The number of imidazole rings is 1. The largest absolute Gasteiger partial charge is 0.352 e. The second-order valence-electron chi connectivity index (χ2n) is 5.24. The third kappa shape index (κ3) is 3.17. The van der Waals surface area contributed by atoms with Crippen molar-refractivity contribution in [1.29, 1.82) is 0 Å². The summed E-state index contributed by atoms with van der Waals surface area (Å²) < 4.78 is 1.92. The maximum atomic E-state index is 12.0. The van der Waals surface area contributed by atoms with Gasteiger partial charge in [0.2, 0.25) is 0 Å². The molecule has 1 amide bonds. The Morgan fingerprint density at radius 1 is 1.17 bits per heavy atom. The molecule has 0 aliphatic rings. The number of benzene rings is 1. The van der Waals surface area contributed by atoms with Gasteiger partial charge in [-0.3, -0.25) is 9.36 Å². The van der Waals surface area contributed by atoms with E-state index in [1.165, 1.54) is 0 Å². The summed E-state index contributed by atoms with van der Waals surface area (Å²) >= 11 is 0. The summed E-state index contributed by atoms with van der Waals surface area (Å²) in [5.74, 6) is 1.41. The smallest absolute Gasteiger partial charge is 0.251 e. The van der Waals surface area contributed by atoms with Crippen molar-refractivity contribution in [2.75, 3.05) is 6.54 Å². The molecular weight excluding hydrogens is 302 g/mol. The van der Waals surface area contributed by atoms with Crippen molar-refractivity contribution in [3.63, 3.8) is 0 Å². The summed E-state index contributed by atoms with van der Waals surface area (Å²) in [6, 6.07) is 9.28. The van der Waals surface area contributed by atoms with Gasteiger partial charge in [-0.05, 0) is 31.2 Å². The zero-order chi connectivity index (χ0) is 16.9. The van der Waals surface area contributed by atoms with E-state index in [2.05, 4.69) is 20.3 Å². The molecule has 0 bridgehead atoms. The molecule has 2 aromatic heterocycles. The number of hydrogen-bond donors (Lipinski definition) is 1. The Morgan fingerprint density at radius 3 is 2.83 bits per heavy atom. The second kappa shape index (κ2) is 7.04. The summed E-state index contributed by atoms with van der Waals surface area (Å²) in [4.78, 5) is 25.2. The predicted octanol–water partition coefficient (Wildman–Crippen LogP) is 2.64. The first kappa shape index (κ1) is 15.9. The fraction of sp³-hybridized carbons (Fsp3) is 0.222. The number of amides is 1. The highest BCUT2D eigenvalue weighted by atomic mass is 16.1. The first-order chi connectivity index (χ1) is 11.7. The van der Waals surface area contributed by atoms with Crippen LogP contribution in [0.5, 0.6) is 0 Å². The van der Waals surface area contributed by atoms with E-state index in [0.717, 1.165) is 29.5 Å². The molecule has 0 saturated heterocycles. The van der Waals surface area contributed by atoms with Crippen LogP contribution in [0, 0.1) is 0 Å². The molecule has 0 atom stereocenters. The number of rotatable bonds is 5. The Bertz CT molecular complexity index is 856. The van der Waals surface area contributed by atoms with Crippen LogP contribution in [0.25, 0.3) is 17.2 Å². The summed E-state index contributed by atoms with van der Waals surface area (Å²) in [5, 5.41) is 2.81. The van der Waals surface area contributed by atoms with Crippen LogP contribution in [0.3, 0.4) is 0 Å². The number of aromatic nitrogens is 4. The van der Waals surface area contributed by atoms with Crippen LogP contribution < -0.4 is 5.32 Å². The molecular formula is C18H19N5O. The molecule has 0 saturated carbocycles. The maximum absolute atomic E-state index is 12.0. The summed E-state index contributed by atoms with van der Waals surface area (Å²) in [6.07, 6.45) is 6.09.